The Kier molecular flexibility index (Phi) is 1.94. The fourth-order valence-corrected chi connectivity index (χ4v) is 0.892. The normalized spacial score (nSPS) is 10.0. The predicted molar refractivity (Wildman–Crippen MR) is 41.7 cm³/mol. The van der Waals surface area contributed by atoms with Crippen LogP contribution in [0.1, 0.15) is 21.0 Å². The van der Waals surface area contributed by atoms with E-state index in [2.05, 4.69) is 19.4 Å². The zero-order valence-corrected chi connectivity index (χ0v) is 6.84. The van der Waals surface area contributed by atoms with Gasteiger partial charge < -0.3 is 9.05 Å². The first-order valence-corrected chi connectivity index (χ1v) is 3.69. The third kappa shape index (κ3) is 1.33. The van der Waals surface area contributed by atoms with Crippen LogP contribution in [0.5, 0.6) is 0 Å². The van der Waals surface area contributed by atoms with E-state index in [1.54, 1.807) is 0 Å². The van der Waals surface area contributed by atoms with E-state index in [9.17, 15) is 9.59 Å². The highest BCUT2D eigenvalue weighted by atomic mass is 16.5. The van der Waals surface area contributed by atoms with Crippen LogP contribution in [0.15, 0.2) is 33.7 Å². The molecule has 14 heavy (non-hydrogen) atoms. The van der Waals surface area contributed by atoms with Gasteiger partial charge in [-0.15, -0.1) is 0 Å². The van der Waals surface area contributed by atoms with Crippen molar-refractivity contribution >= 4 is 11.6 Å². The molecule has 0 atom stereocenters. The first kappa shape index (κ1) is 8.36. The summed E-state index contributed by atoms with van der Waals surface area (Å²) in [5.41, 5.74) is -0.0870. The van der Waals surface area contributed by atoms with E-state index in [4.69, 9.17) is 0 Å². The van der Waals surface area contributed by atoms with Crippen molar-refractivity contribution in [2.45, 2.75) is 0 Å². The Morgan fingerprint density at radius 2 is 1.36 bits per heavy atom. The summed E-state index contributed by atoms with van der Waals surface area (Å²) in [6, 6.07) is 2.61. The third-order valence-electron chi connectivity index (χ3n) is 1.55. The molecule has 0 saturated carbocycles. The molecular weight excluding hydrogens is 188 g/mol. The molecule has 0 aliphatic heterocycles. The molecule has 0 N–H and O–H groups in total. The summed E-state index contributed by atoms with van der Waals surface area (Å²) >= 11 is 0. The van der Waals surface area contributed by atoms with Crippen molar-refractivity contribution in [1.29, 1.82) is 0 Å². The van der Waals surface area contributed by atoms with Gasteiger partial charge in [-0.2, -0.15) is 0 Å². The lowest BCUT2D eigenvalue weighted by Gasteiger charge is -1.89. The van der Waals surface area contributed by atoms with E-state index in [1.165, 1.54) is 24.7 Å². The molecule has 0 aromatic carbocycles. The lowest BCUT2D eigenvalue weighted by molar-refractivity contribution is 0.0806. The van der Waals surface area contributed by atoms with Gasteiger partial charge in [-0.05, 0) is 0 Å². The summed E-state index contributed by atoms with van der Waals surface area (Å²) in [6.07, 6.45) is 2.42. The van der Waals surface area contributed by atoms with Crippen LogP contribution in [0.2, 0.25) is 0 Å². The zero-order valence-electron chi connectivity index (χ0n) is 6.84. The van der Waals surface area contributed by atoms with Crippen LogP contribution < -0.4 is 0 Å². The van der Waals surface area contributed by atoms with Crippen LogP contribution in [0.4, 0.5) is 0 Å². The van der Waals surface area contributed by atoms with Crippen molar-refractivity contribution in [1.82, 2.24) is 10.3 Å². The van der Waals surface area contributed by atoms with Gasteiger partial charge in [0.1, 0.15) is 12.5 Å². The Balaban J connectivity index is 2.26. The van der Waals surface area contributed by atoms with Crippen molar-refractivity contribution < 1.29 is 18.6 Å². The largest absolute Gasteiger partial charge is 0.364 e. The second-order valence-corrected chi connectivity index (χ2v) is 2.43. The maximum Gasteiger partial charge on any atom is 0.257 e. The molecular formula is C8H4N2O4. The molecule has 70 valence electrons. The number of ketones is 2. The quantitative estimate of drug-likeness (QED) is 0.526. The topological polar surface area (TPSA) is 86.2 Å². The molecule has 0 saturated heterocycles. The number of aromatic nitrogens is 2. The lowest BCUT2D eigenvalue weighted by atomic mass is 10.1. The third-order valence-corrected chi connectivity index (χ3v) is 1.55. The van der Waals surface area contributed by atoms with Crippen LogP contribution in [-0.2, 0) is 0 Å². The minimum atomic E-state index is -0.771. The average Bonchev–Trinajstić information content (AvgIpc) is 2.87. The Morgan fingerprint density at radius 1 is 0.929 bits per heavy atom. The van der Waals surface area contributed by atoms with Crippen LogP contribution in [-0.4, -0.2) is 21.9 Å². The first-order valence-electron chi connectivity index (χ1n) is 3.69. The Labute approximate surface area is 77.5 Å². The highest BCUT2D eigenvalue weighted by molar-refractivity contribution is 6.48. The maximum atomic E-state index is 11.4. The molecule has 0 bridgehead atoms. The summed E-state index contributed by atoms with van der Waals surface area (Å²) in [6.45, 7) is 0. The van der Waals surface area contributed by atoms with Crippen LogP contribution >= 0.6 is 0 Å². The van der Waals surface area contributed by atoms with Crippen molar-refractivity contribution in [3.8, 4) is 0 Å². The van der Waals surface area contributed by atoms with E-state index in [0.717, 1.165) is 0 Å². The van der Waals surface area contributed by atoms with Crippen LogP contribution in [0, 0.1) is 0 Å². The fraction of sp³-hybridized carbons (Fsp3) is 0. The lowest BCUT2D eigenvalue weighted by Crippen LogP contribution is -2.14. The molecule has 6 nitrogen and oxygen atoms in total. The molecule has 6 heteroatoms. The van der Waals surface area contributed by atoms with Crippen molar-refractivity contribution in [2.24, 2.45) is 0 Å². The molecule has 0 aliphatic rings. The number of carbonyl (C=O) groups excluding carboxylic acids is 2. The molecule has 0 fully saturated rings. The Bertz CT molecular complexity index is 399. The number of Topliss-reactive ketones (excluding diaryl/α,β-unsaturated/α-hetero) is 2. The average molecular weight is 192 g/mol. The second-order valence-electron chi connectivity index (χ2n) is 2.43. The van der Waals surface area contributed by atoms with Gasteiger partial charge in [0.15, 0.2) is 11.4 Å². The van der Waals surface area contributed by atoms with Gasteiger partial charge in [0.2, 0.25) is 0 Å². The Hall–Kier alpha value is -2.24. The monoisotopic (exact) mass is 192 g/mol. The van der Waals surface area contributed by atoms with Gasteiger partial charge in [-0.1, -0.05) is 10.3 Å². The first-order chi connectivity index (χ1) is 6.79. The highest BCUT2D eigenvalue weighted by Gasteiger charge is 2.22. The van der Waals surface area contributed by atoms with E-state index >= 15 is 0 Å². The number of carbonyl (C=O) groups is 2. The van der Waals surface area contributed by atoms with Gasteiger partial charge >= 0.3 is 0 Å². The van der Waals surface area contributed by atoms with Crippen LogP contribution in [0.3, 0.4) is 0 Å². The predicted octanol–water partition coefficient (Wildman–Crippen LogP) is 0.728. The Morgan fingerprint density at radius 3 is 1.64 bits per heavy atom. The van der Waals surface area contributed by atoms with Gasteiger partial charge in [0.05, 0.1) is 0 Å². The molecule has 2 rings (SSSR count). The molecule has 2 heterocycles. The van der Waals surface area contributed by atoms with Gasteiger partial charge in [0, 0.05) is 12.1 Å². The van der Waals surface area contributed by atoms with Crippen molar-refractivity contribution in [3.63, 3.8) is 0 Å². The zero-order chi connectivity index (χ0) is 9.97. The van der Waals surface area contributed by atoms with E-state index < -0.39 is 11.6 Å². The molecule has 0 spiro atoms. The summed E-state index contributed by atoms with van der Waals surface area (Å²) in [5.74, 6) is -1.54. The minimum absolute atomic E-state index is 0.0435. The summed E-state index contributed by atoms with van der Waals surface area (Å²) in [7, 11) is 0. The van der Waals surface area contributed by atoms with Gasteiger partial charge in [0.25, 0.3) is 11.6 Å². The van der Waals surface area contributed by atoms with E-state index in [0.29, 0.717) is 0 Å². The minimum Gasteiger partial charge on any atom is -0.364 e. The van der Waals surface area contributed by atoms with Crippen LogP contribution in [0.25, 0.3) is 0 Å². The van der Waals surface area contributed by atoms with Gasteiger partial charge in [-0.3, -0.25) is 9.59 Å². The highest BCUT2D eigenvalue weighted by Crippen LogP contribution is 2.03. The number of rotatable bonds is 3. The molecule has 0 aliphatic carbocycles. The number of nitrogens with zero attached hydrogens (tertiary/aromatic N) is 2. The molecule has 2 aromatic rings. The summed E-state index contributed by atoms with van der Waals surface area (Å²) in [4.78, 5) is 22.7. The molecule has 0 unspecified atom stereocenters. The summed E-state index contributed by atoms with van der Waals surface area (Å²) < 4.78 is 8.87. The smallest absolute Gasteiger partial charge is 0.257 e. The standard InChI is InChI=1S/C8H4N2O4/c11-7(5-1-3-13-9-5)8(12)6-2-4-14-10-6/h1-4H. The number of hydrogen-bond acceptors (Lipinski definition) is 6. The number of hydrogen-bond donors (Lipinski definition) is 0. The molecule has 0 radical (unpaired) electrons. The maximum absolute atomic E-state index is 11.4. The molecule has 2 aromatic heterocycles. The SMILES string of the molecule is O=C(C(=O)c1ccon1)c1ccon1. The second kappa shape index (κ2) is 3.25. The van der Waals surface area contributed by atoms with Crippen molar-refractivity contribution in [3.05, 3.63) is 36.0 Å². The summed E-state index contributed by atoms with van der Waals surface area (Å²) in [5, 5.41) is 6.69. The van der Waals surface area contributed by atoms with E-state index in [1.807, 2.05) is 0 Å². The van der Waals surface area contributed by atoms with Crippen molar-refractivity contribution in [2.75, 3.05) is 0 Å². The molecule has 0 amide bonds. The van der Waals surface area contributed by atoms with Gasteiger partial charge in [-0.25, -0.2) is 0 Å². The van der Waals surface area contributed by atoms with E-state index in [-0.39, 0.29) is 11.4 Å². The fourth-order valence-electron chi connectivity index (χ4n) is 0.892.